The number of anilines is 1. The molecule has 168 valence electrons. The minimum Gasteiger partial charge on any atom is -0.462 e. The predicted octanol–water partition coefficient (Wildman–Crippen LogP) is 5.20. The van der Waals surface area contributed by atoms with E-state index in [2.05, 4.69) is 27.0 Å². The maximum atomic E-state index is 13.0. The molecule has 2 heterocycles. The fraction of sp³-hybridized carbons (Fsp3) is 0.391. The third-order valence-electron chi connectivity index (χ3n) is 5.25. The molecule has 1 amide bonds. The third kappa shape index (κ3) is 4.73. The minimum atomic E-state index is -0.442. The highest BCUT2D eigenvalue weighted by molar-refractivity contribution is 8.00. The number of aromatic nitrogens is 3. The summed E-state index contributed by atoms with van der Waals surface area (Å²) in [5.74, 6) is 0.872. The van der Waals surface area contributed by atoms with Gasteiger partial charge in [0, 0.05) is 23.4 Å². The zero-order chi connectivity index (χ0) is 22.7. The molecule has 1 N–H and O–H groups in total. The van der Waals surface area contributed by atoms with Crippen LogP contribution in [0.1, 0.15) is 55.7 Å². The highest BCUT2D eigenvalue weighted by Crippen LogP contribution is 2.40. The second-order valence-electron chi connectivity index (χ2n) is 7.55. The molecule has 1 saturated carbocycles. The van der Waals surface area contributed by atoms with Crippen LogP contribution in [0.15, 0.2) is 40.9 Å². The van der Waals surface area contributed by atoms with Crippen molar-refractivity contribution in [2.75, 3.05) is 11.9 Å². The van der Waals surface area contributed by atoms with Gasteiger partial charge in [-0.2, -0.15) is 0 Å². The quantitative estimate of drug-likeness (QED) is 0.342. The molecule has 7 nitrogen and oxygen atoms in total. The van der Waals surface area contributed by atoms with E-state index in [1.807, 2.05) is 42.6 Å². The molecule has 0 bridgehead atoms. The first-order valence-electron chi connectivity index (χ1n) is 10.8. The molecular weight excluding hydrogens is 444 g/mol. The summed E-state index contributed by atoms with van der Waals surface area (Å²) in [5.41, 5.74) is 2.05. The van der Waals surface area contributed by atoms with Crippen molar-refractivity contribution < 1.29 is 14.3 Å². The van der Waals surface area contributed by atoms with Crippen molar-refractivity contribution in [1.29, 1.82) is 0 Å². The maximum Gasteiger partial charge on any atom is 0.341 e. The number of nitrogens with zero attached hydrogens (tertiary/aromatic N) is 3. The number of nitrogens with one attached hydrogen (secondary N) is 1. The summed E-state index contributed by atoms with van der Waals surface area (Å²) in [5, 5.41) is 14.3. The number of thioether (sulfide) groups is 1. The van der Waals surface area contributed by atoms with Crippen molar-refractivity contribution in [3.05, 3.63) is 47.1 Å². The van der Waals surface area contributed by atoms with E-state index in [1.165, 1.54) is 23.1 Å². The van der Waals surface area contributed by atoms with Crippen molar-refractivity contribution in [2.45, 2.75) is 56.5 Å². The van der Waals surface area contributed by atoms with E-state index in [9.17, 15) is 9.59 Å². The average molecular weight is 471 g/mol. The van der Waals surface area contributed by atoms with Gasteiger partial charge in [0.25, 0.3) is 0 Å². The standard InChI is InChI=1S/C23H26N4O3S2/c1-4-27-19(16-11-12-16)25-26-23(27)32-14(3)20(28)24-21-18(22(29)30-5-2)17(13-31-21)15-9-7-6-8-10-15/h6-10,13-14,16H,4-5,11-12H2,1-3H3,(H,24,28). The van der Waals surface area contributed by atoms with Crippen LogP contribution in [0.5, 0.6) is 0 Å². The molecule has 0 saturated heterocycles. The number of esters is 1. The zero-order valence-corrected chi connectivity index (χ0v) is 20.0. The second-order valence-corrected chi connectivity index (χ2v) is 9.74. The van der Waals surface area contributed by atoms with E-state index >= 15 is 0 Å². The first kappa shape index (κ1) is 22.5. The molecule has 1 aliphatic rings. The summed E-state index contributed by atoms with van der Waals surface area (Å²) >= 11 is 2.71. The van der Waals surface area contributed by atoms with Gasteiger partial charge in [-0.25, -0.2) is 4.79 Å². The van der Waals surface area contributed by atoms with Crippen molar-refractivity contribution in [3.8, 4) is 11.1 Å². The maximum absolute atomic E-state index is 13.0. The number of hydrogen-bond donors (Lipinski definition) is 1. The van der Waals surface area contributed by atoms with Crippen LogP contribution in [-0.4, -0.2) is 38.5 Å². The molecule has 2 aromatic heterocycles. The highest BCUT2D eigenvalue weighted by atomic mass is 32.2. The van der Waals surface area contributed by atoms with Gasteiger partial charge in [-0.15, -0.1) is 21.5 Å². The first-order chi connectivity index (χ1) is 15.5. The Hall–Kier alpha value is -2.65. The molecule has 1 atom stereocenters. The van der Waals surface area contributed by atoms with E-state index in [-0.39, 0.29) is 12.5 Å². The summed E-state index contributed by atoms with van der Waals surface area (Å²) in [6, 6.07) is 9.62. The Morgan fingerprint density at radius 2 is 2.00 bits per heavy atom. The van der Waals surface area contributed by atoms with Gasteiger partial charge in [0.1, 0.15) is 16.4 Å². The molecule has 1 fully saturated rings. The zero-order valence-electron chi connectivity index (χ0n) is 18.3. The summed E-state index contributed by atoms with van der Waals surface area (Å²) in [4.78, 5) is 25.7. The van der Waals surface area contributed by atoms with Crippen LogP contribution in [0.2, 0.25) is 0 Å². The Kier molecular flexibility index (Phi) is 6.95. The van der Waals surface area contributed by atoms with Gasteiger partial charge in [0.05, 0.1) is 11.9 Å². The van der Waals surface area contributed by atoms with E-state index in [0.29, 0.717) is 16.5 Å². The monoisotopic (exact) mass is 470 g/mol. The van der Waals surface area contributed by atoms with Crippen molar-refractivity contribution in [3.63, 3.8) is 0 Å². The molecule has 1 aliphatic carbocycles. The molecule has 1 aromatic carbocycles. The lowest BCUT2D eigenvalue weighted by Crippen LogP contribution is -2.23. The molecule has 0 spiro atoms. The van der Waals surface area contributed by atoms with Crippen LogP contribution in [0, 0.1) is 0 Å². The number of amides is 1. The molecule has 0 aliphatic heterocycles. The molecule has 4 rings (SSSR count). The predicted molar refractivity (Wildman–Crippen MR) is 127 cm³/mol. The van der Waals surface area contributed by atoms with Gasteiger partial charge in [-0.1, -0.05) is 42.1 Å². The number of carbonyl (C=O) groups is 2. The minimum absolute atomic E-state index is 0.194. The Morgan fingerprint density at radius 1 is 1.25 bits per heavy atom. The smallest absolute Gasteiger partial charge is 0.341 e. The fourth-order valence-electron chi connectivity index (χ4n) is 3.44. The summed E-state index contributed by atoms with van der Waals surface area (Å²) in [7, 11) is 0. The van der Waals surface area contributed by atoms with Crippen molar-refractivity contribution >= 4 is 40.0 Å². The van der Waals surface area contributed by atoms with Crippen LogP contribution >= 0.6 is 23.1 Å². The molecule has 32 heavy (non-hydrogen) atoms. The summed E-state index contributed by atoms with van der Waals surface area (Å²) in [6.07, 6.45) is 2.30. The SMILES string of the molecule is CCOC(=O)c1c(-c2ccccc2)csc1NC(=O)C(C)Sc1nnc(C2CC2)n1CC. The first-order valence-corrected chi connectivity index (χ1v) is 12.5. The van der Waals surface area contributed by atoms with Gasteiger partial charge in [-0.3, -0.25) is 4.79 Å². The molecule has 9 heteroatoms. The Labute approximate surface area is 195 Å². The number of rotatable bonds is 9. The number of carbonyl (C=O) groups excluding carboxylic acids is 2. The summed E-state index contributed by atoms with van der Waals surface area (Å²) in [6.45, 7) is 6.70. The lowest BCUT2D eigenvalue weighted by Gasteiger charge is -2.13. The van der Waals surface area contributed by atoms with E-state index in [4.69, 9.17) is 4.74 Å². The van der Waals surface area contributed by atoms with E-state index in [1.54, 1.807) is 6.92 Å². The number of benzene rings is 1. The van der Waals surface area contributed by atoms with E-state index in [0.717, 1.165) is 41.5 Å². The lowest BCUT2D eigenvalue weighted by molar-refractivity contribution is -0.115. The molecule has 1 unspecified atom stereocenters. The lowest BCUT2D eigenvalue weighted by atomic mass is 10.0. The van der Waals surface area contributed by atoms with Gasteiger partial charge in [0.15, 0.2) is 5.16 Å². The fourth-order valence-corrected chi connectivity index (χ4v) is 5.32. The van der Waals surface area contributed by atoms with Crippen LogP contribution in [0.4, 0.5) is 5.00 Å². The van der Waals surface area contributed by atoms with Crippen LogP contribution in [0.25, 0.3) is 11.1 Å². The number of ether oxygens (including phenoxy) is 1. The van der Waals surface area contributed by atoms with Gasteiger partial charge in [-0.05, 0) is 39.2 Å². The normalized spacial score (nSPS) is 14.2. The van der Waals surface area contributed by atoms with E-state index < -0.39 is 11.2 Å². The van der Waals surface area contributed by atoms with Crippen LogP contribution < -0.4 is 5.32 Å². The molecular formula is C23H26N4O3S2. The van der Waals surface area contributed by atoms with Gasteiger partial charge < -0.3 is 14.6 Å². The van der Waals surface area contributed by atoms with Crippen molar-refractivity contribution in [1.82, 2.24) is 14.8 Å². The highest BCUT2D eigenvalue weighted by Gasteiger charge is 2.31. The summed E-state index contributed by atoms with van der Waals surface area (Å²) < 4.78 is 7.37. The Morgan fingerprint density at radius 3 is 2.66 bits per heavy atom. The molecule has 0 radical (unpaired) electrons. The van der Waals surface area contributed by atoms with Gasteiger partial charge >= 0.3 is 5.97 Å². The Bertz CT molecular complexity index is 1110. The third-order valence-corrected chi connectivity index (χ3v) is 7.22. The Balaban J connectivity index is 1.54. The average Bonchev–Trinajstić information content (AvgIpc) is 3.43. The number of hydrogen-bond acceptors (Lipinski definition) is 7. The second kappa shape index (κ2) is 9.87. The van der Waals surface area contributed by atoms with Crippen LogP contribution in [0.3, 0.4) is 0 Å². The van der Waals surface area contributed by atoms with Gasteiger partial charge in [0.2, 0.25) is 5.91 Å². The number of thiophene rings is 1. The largest absolute Gasteiger partial charge is 0.462 e. The topological polar surface area (TPSA) is 86.1 Å². The van der Waals surface area contributed by atoms with Crippen molar-refractivity contribution in [2.24, 2.45) is 0 Å². The molecule has 3 aromatic rings. The van der Waals surface area contributed by atoms with Crippen LogP contribution in [-0.2, 0) is 16.1 Å².